The van der Waals surface area contributed by atoms with Crippen LogP contribution in [0.15, 0.2) is 30.5 Å². The van der Waals surface area contributed by atoms with Crippen LogP contribution in [0.3, 0.4) is 0 Å². The number of rotatable bonds is 7. The maximum absolute atomic E-state index is 12.5. The number of hydrogen-bond acceptors (Lipinski definition) is 5. The van der Waals surface area contributed by atoms with Gasteiger partial charge in [-0.1, -0.05) is 13.3 Å². The number of hydrogen-bond donors (Lipinski definition) is 0. The molecule has 1 amide bonds. The standard InChI is InChI=1S/C22H29N3O3/c1-5-6-10-24(2)22(26)17-7-8-21(23-14-17)25-11-9-16-12-19(27-3)20(28-4)13-18(16)15-25/h7-8,12-14H,5-6,9-11,15H2,1-4H3. The largest absolute Gasteiger partial charge is 0.493 e. The SMILES string of the molecule is CCCCN(C)C(=O)c1ccc(N2CCc3cc(OC)c(OC)cc3C2)nc1. The summed E-state index contributed by atoms with van der Waals surface area (Å²) in [6.07, 6.45) is 4.68. The van der Waals surface area contributed by atoms with E-state index in [0.717, 1.165) is 56.2 Å². The van der Waals surface area contributed by atoms with Crippen molar-refractivity contribution >= 4 is 11.7 Å². The second-order valence-electron chi connectivity index (χ2n) is 7.13. The van der Waals surface area contributed by atoms with Crippen LogP contribution >= 0.6 is 0 Å². The lowest BCUT2D eigenvalue weighted by atomic mass is 9.98. The molecule has 1 aliphatic rings. The average Bonchev–Trinajstić information content (AvgIpc) is 2.75. The number of amides is 1. The summed E-state index contributed by atoms with van der Waals surface area (Å²) >= 11 is 0. The van der Waals surface area contributed by atoms with E-state index in [0.29, 0.717) is 5.56 Å². The van der Waals surface area contributed by atoms with Crippen LogP contribution in [0.2, 0.25) is 0 Å². The summed E-state index contributed by atoms with van der Waals surface area (Å²) in [5.41, 5.74) is 3.12. The van der Waals surface area contributed by atoms with Crippen LogP contribution in [0, 0.1) is 0 Å². The van der Waals surface area contributed by atoms with Gasteiger partial charge in [-0.25, -0.2) is 4.98 Å². The lowest BCUT2D eigenvalue weighted by Gasteiger charge is -2.30. The van der Waals surface area contributed by atoms with Gasteiger partial charge in [0.15, 0.2) is 11.5 Å². The Morgan fingerprint density at radius 1 is 1.18 bits per heavy atom. The molecule has 0 saturated carbocycles. The van der Waals surface area contributed by atoms with Gasteiger partial charge in [0.1, 0.15) is 5.82 Å². The first-order valence-corrected chi connectivity index (χ1v) is 9.77. The van der Waals surface area contributed by atoms with Crippen molar-refractivity contribution in [2.45, 2.75) is 32.7 Å². The number of fused-ring (bicyclic) bond motifs is 1. The first-order chi connectivity index (χ1) is 13.6. The zero-order valence-corrected chi connectivity index (χ0v) is 17.2. The Hall–Kier alpha value is -2.76. The molecular formula is C22H29N3O3. The quantitative estimate of drug-likeness (QED) is 0.732. The highest BCUT2D eigenvalue weighted by Gasteiger charge is 2.21. The molecule has 6 heteroatoms. The summed E-state index contributed by atoms with van der Waals surface area (Å²) in [6.45, 7) is 4.52. The van der Waals surface area contributed by atoms with Crippen LogP contribution in [-0.4, -0.2) is 50.1 Å². The molecule has 0 radical (unpaired) electrons. The van der Waals surface area contributed by atoms with E-state index in [1.807, 2.05) is 25.2 Å². The summed E-state index contributed by atoms with van der Waals surface area (Å²) in [4.78, 5) is 21.0. The Balaban J connectivity index is 1.73. The Kier molecular flexibility index (Phi) is 6.39. The minimum atomic E-state index is 0.0216. The summed E-state index contributed by atoms with van der Waals surface area (Å²) in [7, 11) is 5.15. The second-order valence-corrected chi connectivity index (χ2v) is 7.13. The number of carbonyl (C=O) groups is 1. The van der Waals surface area contributed by atoms with Gasteiger partial charge in [-0.3, -0.25) is 4.79 Å². The molecular weight excluding hydrogens is 354 g/mol. The number of unbranched alkanes of at least 4 members (excludes halogenated alkanes) is 1. The van der Waals surface area contributed by atoms with Crippen molar-refractivity contribution in [2.24, 2.45) is 0 Å². The third-order valence-corrected chi connectivity index (χ3v) is 5.23. The maximum Gasteiger partial charge on any atom is 0.255 e. The van der Waals surface area contributed by atoms with Crippen LogP contribution in [-0.2, 0) is 13.0 Å². The van der Waals surface area contributed by atoms with Gasteiger partial charge < -0.3 is 19.3 Å². The Morgan fingerprint density at radius 2 is 1.89 bits per heavy atom. The summed E-state index contributed by atoms with van der Waals surface area (Å²) in [5, 5.41) is 0. The smallest absolute Gasteiger partial charge is 0.255 e. The van der Waals surface area contributed by atoms with Gasteiger partial charge in [0, 0.05) is 32.9 Å². The fourth-order valence-corrected chi connectivity index (χ4v) is 3.50. The maximum atomic E-state index is 12.5. The number of ether oxygens (including phenoxy) is 2. The highest BCUT2D eigenvalue weighted by atomic mass is 16.5. The van der Waals surface area contributed by atoms with Crippen LogP contribution in [0.5, 0.6) is 11.5 Å². The molecule has 0 atom stereocenters. The Labute approximate surface area is 167 Å². The summed E-state index contributed by atoms with van der Waals surface area (Å²) in [6, 6.07) is 7.91. The molecule has 0 bridgehead atoms. The third kappa shape index (κ3) is 4.21. The van der Waals surface area contributed by atoms with Gasteiger partial charge in [-0.05, 0) is 48.2 Å². The van der Waals surface area contributed by atoms with E-state index in [-0.39, 0.29) is 5.91 Å². The minimum Gasteiger partial charge on any atom is -0.493 e. The van der Waals surface area contributed by atoms with Crippen molar-refractivity contribution in [3.63, 3.8) is 0 Å². The fraction of sp³-hybridized carbons (Fsp3) is 0.455. The number of benzene rings is 1. The van der Waals surface area contributed by atoms with Crippen molar-refractivity contribution in [1.82, 2.24) is 9.88 Å². The van der Waals surface area contributed by atoms with Crippen molar-refractivity contribution in [3.8, 4) is 11.5 Å². The highest BCUT2D eigenvalue weighted by Crippen LogP contribution is 2.34. The van der Waals surface area contributed by atoms with Crippen molar-refractivity contribution in [3.05, 3.63) is 47.2 Å². The van der Waals surface area contributed by atoms with E-state index in [1.54, 1.807) is 25.3 Å². The molecule has 2 aromatic rings. The topological polar surface area (TPSA) is 54.9 Å². The van der Waals surface area contributed by atoms with Gasteiger partial charge in [0.05, 0.1) is 19.8 Å². The molecule has 1 aromatic heterocycles. The normalized spacial score (nSPS) is 13.1. The van der Waals surface area contributed by atoms with Gasteiger partial charge in [-0.2, -0.15) is 0 Å². The Bertz CT molecular complexity index is 821. The van der Waals surface area contributed by atoms with E-state index < -0.39 is 0 Å². The number of nitrogens with zero attached hydrogens (tertiary/aromatic N) is 3. The number of aromatic nitrogens is 1. The van der Waals surface area contributed by atoms with E-state index in [1.165, 1.54) is 11.1 Å². The average molecular weight is 383 g/mol. The Morgan fingerprint density at radius 3 is 2.50 bits per heavy atom. The van der Waals surface area contributed by atoms with E-state index in [4.69, 9.17) is 9.47 Å². The molecule has 1 aromatic carbocycles. The molecule has 6 nitrogen and oxygen atoms in total. The van der Waals surface area contributed by atoms with Crippen LogP contribution in [0.1, 0.15) is 41.3 Å². The summed E-state index contributed by atoms with van der Waals surface area (Å²) in [5.74, 6) is 2.41. The lowest BCUT2D eigenvalue weighted by molar-refractivity contribution is 0.0793. The predicted molar refractivity (Wildman–Crippen MR) is 110 cm³/mol. The monoisotopic (exact) mass is 383 g/mol. The van der Waals surface area contributed by atoms with E-state index in [2.05, 4.69) is 22.9 Å². The van der Waals surface area contributed by atoms with E-state index in [9.17, 15) is 4.79 Å². The first-order valence-electron chi connectivity index (χ1n) is 9.77. The number of carbonyl (C=O) groups excluding carboxylic acids is 1. The van der Waals surface area contributed by atoms with Crippen molar-refractivity contribution < 1.29 is 14.3 Å². The molecule has 150 valence electrons. The lowest BCUT2D eigenvalue weighted by Crippen LogP contribution is -2.31. The fourth-order valence-electron chi connectivity index (χ4n) is 3.50. The van der Waals surface area contributed by atoms with Crippen LogP contribution in [0.25, 0.3) is 0 Å². The summed E-state index contributed by atoms with van der Waals surface area (Å²) < 4.78 is 10.8. The molecule has 0 aliphatic carbocycles. The molecule has 0 fully saturated rings. The van der Waals surface area contributed by atoms with Gasteiger partial charge >= 0.3 is 0 Å². The van der Waals surface area contributed by atoms with Gasteiger partial charge in [0.2, 0.25) is 0 Å². The van der Waals surface area contributed by atoms with Gasteiger partial charge in [0.25, 0.3) is 5.91 Å². The zero-order chi connectivity index (χ0) is 20.1. The molecule has 0 spiro atoms. The predicted octanol–water partition coefficient (Wildman–Crippen LogP) is 3.53. The van der Waals surface area contributed by atoms with Crippen molar-refractivity contribution in [2.75, 3.05) is 39.3 Å². The molecule has 3 rings (SSSR count). The number of methoxy groups -OCH3 is 2. The van der Waals surface area contributed by atoms with Crippen LogP contribution in [0.4, 0.5) is 5.82 Å². The number of pyridine rings is 1. The molecule has 0 N–H and O–H groups in total. The molecule has 1 aliphatic heterocycles. The van der Waals surface area contributed by atoms with Gasteiger partial charge in [-0.15, -0.1) is 0 Å². The molecule has 2 heterocycles. The first kappa shape index (κ1) is 20.0. The molecule has 0 saturated heterocycles. The zero-order valence-electron chi connectivity index (χ0n) is 17.2. The van der Waals surface area contributed by atoms with Crippen molar-refractivity contribution in [1.29, 1.82) is 0 Å². The van der Waals surface area contributed by atoms with E-state index >= 15 is 0 Å². The second kappa shape index (κ2) is 8.95. The highest BCUT2D eigenvalue weighted by molar-refractivity contribution is 5.93. The minimum absolute atomic E-state index is 0.0216. The third-order valence-electron chi connectivity index (χ3n) is 5.23. The van der Waals surface area contributed by atoms with Crippen LogP contribution < -0.4 is 14.4 Å². The number of anilines is 1. The molecule has 0 unspecified atom stereocenters. The molecule has 28 heavy (non-hydrogen) atoms.